The van der Waals surface area contributed by atoms with Crippen molar-refractivity contribution in [2.45, 2.75) is 19.4 Å². The van der Waals surface area contributed by atoms with Gasteiger partial charge in [0.15, 0.2) is 0 Å². The van der Waals surface area contributed by atoms with Gasteiger partial charge < -0.3 is 14.6 Å². The van der Waals surface area contributed by atoms with Gasteiger partial charge in [-0.3, -0.25) is 9.59 Å². The number of amides is 1. The summed E-state index contributed by atoms with van der Waals surface area (Å²) in [4.78, 5) is 26.7. The second kappa shape index (κ2) is 6.36. The first-order valence-electron chi connectivity index (χ1n) is 7.35. The molecule has 0 bridgehead atoms. The van der Waals surface area contributed by atoms with Gasteiger partial charge in [0.2, 0.25) is 0 Å². The molecule has 6 heteroatoms. The van der Waals surface area contributed by atoms with Crippen LogP contribution in [0.4, 0.5) is 0 Å². The quantitative estimate of drug-likeness (QED) is 0.942. The fraction of sp³-hybridized carbons (Fsp3) is 0.375. The summed E-state index contributed by atoms with van der Waals surface area (Å²) >= 11 is 1.66. The summed E-state index contributed by atoms with van der Waals surface area (Å²) in [5.74, 6) is -1.34. The Kier molecular flexibility index (Phi) is 4.29. The van der Waals surface area contributed by atoms with E-state index in [4.69, 9.17) is 5.11 Å². The molecule has 1 N–H and O–H groups in total. The Balaban J connectivity index is 1.75. The van der Waals surface area contributed by atoms with E-state index in [9.17, 15) is 9.59 Å². The van der Waals surface area contributed by atoms with Crippen molar-refractivity contribution in [1.29, 1.82) is 0 Å². The lowest BCUT2D eigenvalue weighted by Crippen LogP contribution is -2.42. The standard InChI is InChI=1S/C16H18N2O3S/c19-15(18-8-1-4-12(10-18)16(20)21)14-6-2-7-17(14)11-13-5-3-9-22-13/h2-3,5-7,9,12H,1,4,8,10-11H2,(H,20,21)/t12-/m1/s1. The molecule has 3 heterocycles. The molecule has 5 nitrogen and oxygen atoms in total. The lowest BCUT2D eigenvalue weighted by molar-refractivity contribution is -0.143. The van der Waals surface area contributed by atoms with E-state index in [0.717, 1.165) is 6.42 Å². The van der Waals surface area contributed by atoms with E-state index in [1.165, 1.54) is 4.88 Å². The van der Waals surface area contributed by atoms with Crippen molar-refractivity contribution in [3.05, 3.63) is 46.4 Å². The van der Waals surface area contributed by atoms with E-state index in [1.54, 1.807) is 22.3 Å². The predicted molar refractivity (Wildman–Crippen MR) is 84.1 cm³/mol. The molecule has 1 aliphatic heterocycles. The summed E-state index contributed by atoms with van der Waals surface area (Å²) in [6.07, 6.45) is 3.29. The first kappa shape index (κ1) is 14.8. The number of aliphatic carboxylic acids is 1. The van der Waals surface area contributed by atoms with Crippen LogP contribution in [0.5, 0.6) is 0 Å². The van der Waals surface area contributed by atoms with Crippen molar-refractivity contribution in [1.82, 2.24) is 9.47 Å². The van der Waals surface area contributed by atoms with Crippen molar-refractivity contribution in [2.24, 2.45) is 5.92 Å². The number of carboxylic acid groups (broad SMARTS) is 1. The highest BCUT2D eigenvalue weighted by Gasteiger charge is 2.29. The highest BCUT2D eigenvalue weighted by Crippen LogP contribution is 2.20. The molecular formula is C16H18N2O3S. The summed E-state index contributed by atoms with van der Waals surface area (Å²) < 4.78 is 1.93. The summed E-state index contributed by atoms with van der Waals surface area (Å²) in [6, 6.07) is 7.70. The molecule has 1 saturated heterocycles. The number of rotatable bonds is 4. The van der Waals surface area contributed by atoms with Crippen LogP contribution < -0.4 is 0 Å². The van der Waals surface area contributed by atoms with Crippen LogP contribution in [0.3, 0.4) is 0 Å². The van der Waals surface area contributed by atoms with Crippen LogP contribution in [0, 0.1) is 5.92 Å². The lowest BCUT2D eigenvalue weighted by atomic mass is 9.98. The minimum Gasteiger partial charge on any atom is -0.481 e. The molecule has 2 aromatic rings. The zero-order valence-corrected chi connectivity index (χ0v) is 13.0. The number of piperidine rings is 1. The van der Waals surface area contributed by atoms with Gasteiger partial charge in [0.05, 0.1) is 12.5 Å². The van der Waals surface area contributed by atoms with Crippen LogP contribution in [-0.2, 0) is 11.3 Å². The third-order valence-electron chi connectivity index (χ3n) is 4.01. The van der Waals surface area contributed by atoms with Gasteiger partial charge in [-0.05, 0) is 36.4 Å². The maximum absolute atomic E-state index is 12.7. The number of nitrogens with zero attached hydrogens (tertiary/aromatic N) is 2. The van der Waals surface area contributed by atoms with E-state index in [1.807, 2.05) is 34.3 Å². The van der Waals surface area contributed by atoms with Crippen LogP contribution in [0.2, 0.25) is 0 Å². The van der Waals surface area contributed by atoms with Crippen molar-refractivity contribution in [3.8, 4) is 0 Å². The fourth-order valence-corrected chi connectivity index (χ4v) is 3.54. The topological polar surface area (TPSA) is 62.5 Å². The van der Waals surface area contributed by atoms with Gasteiger partial charge in [-0.15, -0.1) is 11.3 Å². The molecule has 1 atom stereocenters. The molecular weight excluding hydrogens is 300 g/mol. The largest absolute Gasteiger partial charge is 0.481 e. The third-order valence-corrected chi connectivity index (χ3v) is 4.87. The second-order valence-corrected chi connectivity index (χ2v) is 6.56. The Morgan fingerprint density at radius 2 is 2.18 bits per heavy atom. The maximum Gasteiger partial charge on any atom is 0.308 e. The number of thiophene rings is 1. The smallest absolute Gasteiger partial charge is 0.308 e. The van der Waals surface area contributed by atoms with Crippen LogP contribution in [-0.4, -0.2) is 39.5 Å². The van der Waals surface area contributed by atoms with Gasteiger partial charge in [-0.1, -0.05) is 6.07 Å². The van der Waals surface area contributed by atoms with Gasteiger partial charge >= 0.3 is 5.97 Å². The Morgan fingerprint density at radius 1 is 1.32 bits per heavy atom. The minimum absolute atomic E-state index is 0.0764. The molecule has 1 fully saturated rings. The Hall–Kier alpha value is -2.08. The van der Waals surface area contributed by atoms with E-state index in [-0.39, 0.29) is 5.91 Å². The summed E-state index contributed by atoms with van der Waals surface area (Å²) in [5.41, 5.74) is 0.624. The average Bonchev–Trinajstić information content (AvgIpc) is 3.19. The zero-order valence-electron chi connectivity index (χ0n) is 12.1. The van der Waals surface area contributed by atoms with Gasteiger partial charge in [-0.25, -0.2) is 0 Å². The SMILES string of the molecule is O=C(O)[C@@H]1CCCN(C(=O)c2cccn2Cc2cccs2)C1. The molecule has 116 valence electrons. The summed E-state index contributed by atoms with van der Waals surface area (Å²) in [7, 11) is 0. The van der Waals surface area contributed by atoms with Gasteiger partial charge in [0.25, 0.3) is 5.91 Å². The Morgan fingerprint density at radius 3 is 2.91 bits per heavy atom. The first-order chi connectivity index (χ1) is 10.6. The fourth-order valence-electron chi connectivity index (χ4n) is 2.84. The maximum atomic E-state index is 12.7. The lowest BCUT2D eigenvalue weighted by Gasteiger charge is -2.31. The monoisotopic (exact) mass is 318 g/mol. The van der Waals surface area contributed by atoms with Gasteiger partial charge in [0.1, 0.15) is 5.69 Å². The first-order valence-corrected chi connectivity index (χ1v) is 8.22. The molecule has 0 spiro atoms. The number of hydrogen-bond acceptors (Lipinski definition) is 3. The van der Waals surface area contributed by atoms with Crippen molar-refractivity contribution in [3.63, 3.8) is 0 Å². The summed E-state index contributed by atoms with van der Waals surface area (Å²) in [6.45, 7) is 1.60. The molecule has 22 heavy (non-hydrogen) atoms. The Labute approximate surface area is 132 Å². The van der Waals surface area contributed by atoms with Crippen molar-refractivity contribution < 1.29 is 14.7 Å². The molecule has 1 aliphatic rings. The van der Waals surface area contributed by atoms with Crippen molar-refractivity contribution >= 4 is 23.2 Å². The van der Waals surface area contributed by atoms with Crippen LogP contribution in [0.1, 0.15) is 28.2 Å². The van der Waals surface area contributed by atoms with E-state index in [0.29, 0.717) is 31.7 Å². The predicted octanol–water partition coefficient (Wildman–Crippen LogP) is 2.53. The van der Waals surface area contributed by atoms with Gasteiger partial charge in [0, 0.05) is 24.2 Å². The molecule has 0 aliphatic carbocycles. The van der Waals surface area contributed by atoms with Gasteiger partial charge in [-0.2, -0.15) is 0 Å². The van der Waals surface area contributed by atoms with Crippen LogP contribution in [0.25, 0.3) is 0 Å². The Bertz CT molecular complexity index is 663. The van der Waals surface area contributed by atoms with E-state index < -0.39 is 11.9 Å². The normalized spacial score (nSPS) is 18.4. The average molecular weight is 318 g/mol. The second-order valence-electron chi connectivity index (χ2n) is 5.53. The molecule has 2 aromatic heterocycles. The number of carboxylic acids is 1. The third kappa shape index (κ3) is 3.06. The molecule has 1 amide bonds. The number of hydrogen-bond donors (Lipinski definition) is 1. The van der Waals surface area contributed by atoms with Crippen molar-refractivity contribution in [2.75, 3.05) is 13.1 Å². The molecule has 0 saturated carbocycles. The molecule has 0 aromatic carbocycles. The van der Waals surface area contributed by atoms with Crippen LogP contribution in [0.15, 0.2) is 35.8 Å². The number of aromatic nitrogens is 1. The minimum atomic E-state index is -0.813. The van der Waals surface area contributed by atoms with E-state index in [2.05, 4.69) is 0 Å². The van der Waals surface area contributed by atoms with E-state index >= 15 is 0 Å². The molecule has 3 rings (SSSR count). The zero-order chi connectivity index (χ0) is 15.5. The highest BCUT2D eigenvalue weighted by atomic mass is 32.1. The number of carbonyl (C=O) groups excluding carboxylic acids is 1. The molecule has 0 unspecified atom stereocenters. The molecule has 0 radical (unpaired) electrons. The number of likely N-dealkylation sites (tertiary alicyclic amines) is 1. The highest BCUT2D eigenvalue weighted by molar-refractivity contribution is 7.09. The number of carbonyl (C=O) groups is 2. The summed E-state index contributed by atoms with van der Waals surface area (Å²) in [5, 5.41) is 11.2. The van der Waals surface area contributed by atoms with Crippen LogP contribution >= 0.6 is 11.3 Å².